The molecule has 12 heavy (non-hydrogen) atoms. The molecular formula is C8H8N2OS. The first-order valence-electron chi connectivity index (χ1n) is 3.61. The zero-order valence-electron chi connectivity index (χ0n) is 6.87. The van der Waals surface area contributed by atoms with Crippen LogP contribution in [0.25, 0.3) is 10.2 Å². The van der Waals surface area contributed by atoms with Gasteiger partial charge in [-0.1, -0.05) is 0 Å². The summed E-state index contributed by atoms with van der Waals surface area (Å²) in [6.45, 7) is 1.83. The van der Waals surface area contributed by atoms with E-state index in [1.807, 2.05) is 18.4 Å². The summed E-state index contributed by atoms with van der Waals surface area (Å²) in [4.78, 5) is 16.6. The molecule has 0 aliphatic rings. The molecule has 0 aromatic carbocycles. The van der Waals surface area contributed by atoms with Gasteiger partial charge in [0.1, 0.15) is 10.7 Å². The van der Waals surface area contributed by atoms with Gasteiger partial charge in [0.25, 0.3) is 5.56 Å². The van der Waals surface area contributed by atoms with E-state index in [1.54, 1.807) is 11.6 Å². The lowest BCUT2D eigenvalue weighted by Gasteiger charge is -2.00. The van der Waals surface area contributed by atoms with Gasteiger partial charge in [-0.15, -0.1) is 11.3 Å². The van der Waals surface area contributed by atoms with Gasteiger partial charge in [-0.25, -0.2) is 4.98 Å². The molecule has 0 amide bonds. The Kier molecular flexibility index (Phi) is 1.51. The van der Waals surface area contributed by atoms with Crippen LogP contribution in [0.1, 0.15) is 5.82 Å². The molecule has 0 bridgehead atoms. The molecule has 0 atom stereocenters. The van der Waals surface area contributed by atoms with Gasteiger partial charge in [-0.05, 0) is 18.4 Å². The lowest BCUT2D eigenvalue weighted by molar-refractivity contribution is 0.794. The predicted octanol–water partition coefficient (Wildman–Crippen LogP) is 1.30. The molecule has 0 spiro atoms. The summed E-state index contributed by atoms with van der Waals surface area (Å²) in [7, 11) is 1.74. The zero-order chi connectivity index (χ0) is 8.72. The third-order valence-electron chi connectivity index (χ3n) is 1.93. The van der Waals surface area contributed by atoms with E-state index < -0.39 is 0 Å². The third kappa shape index (κ3) is 0.881. The second-order valence-corrected chi connectivity index (χ2v) is 3.56. The van der Waals surface area contributed by atoms with E-state index in [1.165, 1.54) is 11.3 Å². The second kappa shape index (κ2) is 2.42. The van der Waals surface area contributed by atoms with Gasteiger partial charge in [0, 0.05) is 7.05 Å². The molecule has 3 nitrogen and oxygen atoms in total. The summed E-state index contributed by atoms with van der Waals surface area (Å²) in [5.74, 6) is 0.759. The first kappa shape index (κ1) is 7.49. The van der Waals surface area contributed by atoms with Crippen LogP contribution in [0.2, 0.25) is 0 Å². The van der Waals surface area contributed by atoms with Crippen LogP contribution in [-0.4, -0.2) is 9.55 Å². The van der Waals surface area contributed by atoms with Crippen molar-refractivity contribution in [3.05, 3.63) is 27.6 Å². The van der Waals surface area contributed by atoms with Crippen LogP contribution in [-0.2, 0) is 7.05 Å². The van der Waals surface area contributed by atoms with E-state index in [0.717, 1.165) is 10.7 Å². The molecule has 2 aromatic rings. The van der Waals surface area contributed by atoms with Gasteiger partial charge in [0.05, 0.1) is 5.39 Å². The molecule has 0 N–H and O–H groups in total. The van der Waals surface area contributed by atoms with E-state index in [4.69, 9.17) is 0 Å². The van der Waals surface area contributed by atoms with Crippen LogP contribution in [0.15, 0.2) is 16.2 Å². The van der Waals surface area contributed by atoms with Gasteiger partial charge in [0.15, 0.2) is 0 Å². The number of rotatable bonds is 0. The summed E-state index contributed by atoms with van der Waals surface area (Å²) in [6.07, 6.45) is 0. The van der Waals surface area contributed by atoms with E-state index in [0.29, 0.717) is 5.39 Å². The minimum atomic E-state index is 0.0405. The first-order chi connectivity index (χ1) is 5.70. The van der Waals surface area contributed by atoms with Crippen molar-refractivity contribution in [1.29, 1.82) is 0 Å². The second-order valence-electron chi connectivity index (χ2n) is 2.66. The highest BCUT2D eigenvalue weighted by atomic mass is 32.1. The maximum atomic E-state index is 11.5. The Morgan fingerprint density at radius 2 is 2.33 bits per heavy atom. The smallest absolute Gasteiger partial charge is 0.261 e. The molecule has 0 unspecified atom stereocenters. The molecule has 0 radical (unpaired) electrons. The molecule has 0 fully saturated rings. The van der Waals surface area contributed by atoms with Gasteiger partial charge in [-0.2, -0.15) is 0 Å². The number of hydrogen-bond acceptors (Lipinski definition) is 3. The molecule has 62 valence electrons. The Balaban J connectivity index is 3.05. The van der Waals surface area contributed by atoms with Crippen LogP contribution in [0, 0.1) is 6.92 Å². The van der Waals surface area contributed by atoms with E-state index >= 15 is 0 Å². The molecule has 4 heteroatoms. The van der Waals surface area contributed by atoms with Crippen molar-refractivity contribution in [3.8, 4) is 0 Å². The van der Waals surface area contributed by atoms with Crippen molar-refractivity contribution in [2.75, 3.05) is 0 Å². The minimum absolute atomic E-state index is 0.0405. The quantitative estimate of drug-likeness (QED) is 0.612. The van der Waals surface area contributed by atoms with Crippen molar-refractivity contribution in [2.45, 2.75) is 6.92 Å². The maximum absolute atomic E-state index is 11.5. The average molecular weight is 180 g/mol. The lowest BCUT2D eigenvalue weighted by Crippen LogP contribution is -2.19. The van der Waals surface area contributed by atoms with E-state index in [9.17, 15) is 4.79 Å². The van der Waals surface area contributed by atoms with Gasteiger partial charge in [0.2, 0.25) is 0 Å². The summed E-state index contributed by atoms with van der Waals surface area (Å²) >= 11 is 1.50. The summed E-state index contributed by atoms with van der Waals surface area (Å²) in [5.41, 5.74) is 0.0405. The molecule has 0 aliphatic heterocycles. The zero-order valence-corrected chi connectivity index (χ0v) is 7.68. The fraction of sp³-hybridized carbons (Fsp3) is 0.250. The molecule has 0 saturated carbocycles. The Morgan fingerprint density at radius 3 is 3.08 bits per heavy atom. The number of thiophene rings is 1. The average Bonchev–Trinajstić information content (AvgIpc) is 2.48. The van der Waals surface area contributed by atoms with Crippen LogP contribution in [0.3, 0.4) is 0 Å². The number of aromatic nitrogens is 2. The highest BCUT2D eigenvalue weighted by Gasteiger charge is 2.04. The van der Waals surface area contributed by atoms with Crippen molar-refractivity contribution in [3.63, 3.8) is 0 Å². The van der Waals surface area contributed by atoms with E-state index in [2.05, 4.69) is 4.98 Å². The summed E-state index contributed by atoms with van der Waals surface area (Å²) < 4.78 is 1.56. The van der Waals surface area contributed by atoms with Crippen LogP contribution < -0.4 is 5.56 Å². The fourth-order valence-corrected chi connectivity index (χ4v) is 1.90. The van der Waals surface area contributed by atoms with Crippen LogP contribution in [0.4, 0.5) is 0 Å². The number of fused-ring (bicyclic) bond motifs is 1. The first-order valence-corrected chi connectivity index (χ1v) is 4.49. The Labute approximate surface area is 73.3 Å². The van der Waals surface area contributed by atoms with Gasteiger partial charge >= 0.3 is 0 Å². The number of hydrogen-bond donors (Lipinski definition) is 0. The minimum Gasteiger partial charge on any atom is -0.299 e. The Hall–Kier alpha value is -1.16. The third-order valence-corrected chi connectivity index (χ3v) is 2.74. The SMILES string of the molecule is Cc1nc2sccc2c(=O)n1C. The van der Waals surface area contributed by atoms with Crippen molar-refractivity contribution in [2.24, 2.45) is 7.05 Å². The highest BCUT2D eigenvalue weighted by Crippen LogP contribution is 2.14. The van der Waals surface area contributed by atoms with Crippen molar-refractivity contribution in [1.82, 2.24) is 9.55 Å². The summed E-state index contributed by atoms with van der Waals surface area (Å²) in [6, 6.07) is 1.81. The van der Waals surface area contributed by atoms with E-state index in [-0.39, 0.29) is 5.56 Å². The lowest BCUT2D eigenvalue weighted by atomic mass is 10.4. The Morgan fingerprint density at radius 1 is 1.58 bits per heavy atom. The van der Waals surface area contributed by atoms with Crippen molar-refractivity contribution < 1.29 is 0 Å². The van der Waals surface area contributed by atoms with Crippen LogP contribution in [0.5, 0.6) is 0 Å². The molecule has 2 heterocycles. The largest absolute Gasteiger partial charge is 0.299 e. The van der Waals surface area contributed by atoms with Crippen LogP contribution >= 0.6 is 11.3 Å². The van der Waals surface area contributed by atoms with Gasteiger partial charge < -0.3 is 0 Å². The Bertz CT molecular complexity index is 483. The normalized spacial score (nSPS) is 10.8. The van der Waals surface area contributed by atoms with Gasteiger partial charge in [-0.3, -0.25) is 9.36 Å². The fourth-order valence-electron chi connectivity index (χ4n) is 1.10. The summed E-state index contributed by atoms with van der Waals surface area (Å²) in [5, 5.41) is 2.60. The molecule has 2 aromatic heterocycles. The molecule has 0 aliphatic carbocycles. The predicted molar refractivity (Wildman–Crippen MR) is 49.6 cm³/mol. The standard InChI is InChI=1S/C8H8N2OS/c1-5-9-7-6(3-4-12-7)8(11)10(5)2/h3-4H,1-2H3. The molecular weight excluding hydrogens is 172 g/mol. The number of aryl methyl sites for hydroxylation is 1. The monoisotopic (exact) mass is 180 g/mol. The van der Waals surface area contributed by atoms with Crippen molar-refractivity contribution >= 4 is 21.6 Å². The maximum Gasteiger partial charge on any atom is 0.261 e. The highest BCUT2D eigenvalue weighted by molar-refractivity contribution is 7.16. The molecule has 2 rings (SSSR count). The topological polar surface area (TPSA) is 34.9 Å². The number of nitrogens with zero attached hydrogens (tertiary/aromatic N) is 2. The molecule has 0 saturated heterocycles.